The molecule has 7 heteroatoms. The first-order valence-corrected chi connectivity index (χ1v) is 5.68. The Morgan fingerprint density at radius 3 is 2.67 bits per heavy atom. The van der Waals surface area contributed by atoms with Crippen molar-refractivity contribution in [3.05, 3.63) is 22.8 Å². The van der Waals surface area contributed by atoms with Gasteiger partial charge in [0, 0.05) is 19.9 Å². The number of nitrogens with zero attached hydrogens (tertiary/aromatic N) is 1. The molecule has 0 spiro atoms. The quantitative estimate of drug-likeness (QED) is 0.898. The van der Waals surface area contributed by atoms with Gasteiger partial charge in [-0.2, -0.15) is 13.2 Å². The van der Waals surface area contributed by atoms with E-state index < -0.39 is 11.7 Å². The summed E-state index contributed by atoms with van der Waals surface area (Å²) in [5.41, 5.74) is -0.858. The van der Waals surface area contributed by atoms with Gasteiger partial charge in [-0.25, -0.2) is 4.98 Å². The molecule has 1 N–H and O–H groups in total. The lowest BCUT2D eigenvalue weighted by molar-refractivity contribution is -0.137. The molecule has 0 aliphatic rings. The monoisotopic (exact) mass is 282 g/mol. The van der Waals surface area contributed by atoms with Crippen LogP contribution < -0.4 is 5.32 Å². The first kappa shape index (κ1) is 15.0. The molecule has 1 unspecified atom stereocenters. The number of aromatic nitrogens is 1. The zero-order valence-corrected chi connectivity index (χ0v) is 10.8. The molecule has 0 radical (unpaired) electrons. The summed E-state index contributed by atoms with van der Waals surface area (Å²) < 4.78 is 42.1. The van der Waals surface area contributed by atoms with E-state index in [1.807, 2.05) is 6.92 Å². The minimum Gasteiger partial charge on any atom is -0.384 e. The molecule has 0 aliphatic carbocycles. The van der Waals surface area contributed by atoms with Crippen LogP contribution in [0.1, 0.15) is 12.5 Å². The number of ether oxygens (including phenoxy) is 1. The van der Waals surface area contributed by atoms with E-state index in [-0.39, 0.29) is 16.8 Å². The number of nitrogens with one attached hydrogen (secondary N) is 1. The second kappa shape index (κ2) is 6.24. The van der Waals surface area contributed by atoms with Gasteiger partial charge in [-0.15, -0.1) is 0 Å². The summed E-state index contributed by atoms with van der Waals surface area (Å²) in [7, 11) is 1.58. The van der Waals surface area contributed by atoms with Crippen LogP contribution in [0.2, 0.25) is 5.02 Å². The number of rotatable bonds is 5. The summed E-state index contributed by atoms with van der Waals surface area (Å²) in [6.07, 6.45) is -3.67. The SMILES string of the molecule is COCC(C)CNc1ncc(C(F)(F)F)cc1Cl. The molecule has 3 nitrogen and oxygen atoms in total. The highest BCUT2D eigenvalue weighted by Crippen LogP contribution is 2.32. The summed E-state index contributed by atoms with van der Waals surface area (Å²) >= 11 is 5.74. The Labute approximate surface area is 108 Å². The number of hydrogen-bond acceptors (Lipinski definition) is 3. The predicted octanol–water partition coefficient (Wildman–Crippen LogP) is 3.45. The van der Waals surface area contributed by atoms with Crippen molar-refractivity contribution >= 4 is 17.4 Å². The molecule has 0 saturated carbocycles. The molecule has 0 aliphatic heterocycles. The van der Waals surface area contributed by atoms with E-state index in [1.165, 1.54) is 0 Å². The fourth-order valence-electron chi connectivity index (χ4n) is 1.34. The molecule has 102 valence electrons. The fourth-order valence-corrected chi connectivity index (χ4v) is 1.57. The number of methoxy groups -OCH3 is 1. The summed E-state index contributed by atoms with van der Waals surface area (Å²) in [6, 6.07) is 0.859. The molecule has 18 heavy (non-hydrogen) atoms. The minimum atomic E-state index is -4.43. The summed E-state index contributed by atoms with van der Waals surface area (Å²) in [5, 5.41) is 2.84. The van der Waals surface area contributed by atoms with Crippen molar-refractivity contribution in [2.75, 3.05) is 25.6 Å². The topological polar surface area (TPSA) is 34.1 Å². The van der Waals surface area contributed by atoms with E-state index in [1.54, 1.807) is 7.11 Å². The Kier molecular flexibility index (Phi) is 5.22. The molecule has 0 fully saturated rings. The lowest BCUT2D eigenvalue weighted by Gasteiger charge is -2.14. The third-order valence-corrected chi connectivity index (χ3v) is 2.53. The lowest BCUT2D eigenvalue weighted by Crippen LogP contribution is -2.17. The first-order chi connectivity index (χ1) is 8.34. The Balaban J connectivity index is 2.69. The zero-order chi connectivity index (χ0) is 13.8. The van der Waals surface area contributed by atoms with Crippen LogP contribution in [-0.2, 0) is 10.9 Å². The van der Waals surface area contributed by atoms with Crippen LogP contribution in [0.25, 0.3) is 0 Å². The van der Waals surface area contributed by atoms with Crippen molar-refractivity contribution < 1.29 is 17.9 Å². The van der Waals surface area contributed by atoms with Crippen LogP contribution in [0.5, 0.6) is 0 Å². The van der Waals surface area contributed by atoms with Crippen LogP contribution in [0.15, 0.2) is 12.3 Å². The molecule has 1 aromatic heterocycles. The number of anilines is 1. The molecule has 1 aromatic rings. The molecular formula is C11H14ClF3N2O. The van der Waals surface area contributed by atoms with Gasteiger partial charge in [-0.3, -0.25) is 0 Å². The van der Waals surface area contributed by atoms with Crippen molar-refractivity contribution in [3.8, 4) is 0 Å². The van der Waals surface area contributed by atoms with E-state index in [9.17, 15) is 13.2 Å². The molecule has 0 bridgehead atoms. The van der Waals surface area contributed by atoms with Gasteiger partial charge in [0.2, 0.25) is 0 Å². The minimum absolute atomic E-state index is 0.0468. The lowest BCUT2D eigenvalue weighted by atomic mass is 10.2. The largest absolute Gasteiger partial charge is 0.417 e. The normalized spacial score (nSPS) is 13.4. The summed E-state index contributed by atoms with van der Waals surface area (Å²) in [4.78, 5) is 3.67. The van der Waals surface area contributed by atoms with Gasteiger partial charge in [-0.05, 0) is 12.0 Å². The van der Waals surface area contributed by atoms with Crippen molar-refractivity contribution in [2.45, 2.75) is 13.1 Å². The Morgan fingerprint density at radius 1 is 1.50 bits per heavy atom. The molecule has 0 amide bonds. The van der Waals surface area contributed by atoms with Crippen LogP contribution >= 0.6 is 11.6 Å². The Hall–Kier alpha value is -1.01. The molecule has 1 atom stereocenters. The van der Waals surface area contributed by atoms with E-state index in [0.29, 0.717) is 13.2 Å². The van der Waals surface area contributed by atoms with Gasteiger partial charge >= 0.3 is 6.18 Å². The number of halogens is 4. The fraction of sp³-hybridized carbons (Fsp3) is 0.545. The van der Waals surface area contributed by atoms with Crippen LogP contribution in [-0.4, -0.2) is 25.2 Å². The summed E-state index contributed by atoms with van der Waals surface area (Å²) in [6.45, 7) is 3.01. The van der Waals surface area contributed by atoms with Crippen LogP contribution in [0.3, 0.4) is 0 Å². The van der Waals surface area contributed by atoms with Gasteiger partial charge in [-0.1, -0.05) is 18.5 Å². The van der Waals surface area contributed by atoms with E-state index in [4.69, 9.17) is 16.3 Å². The number of alkyl halides is 3. The van der Waals surface area contributed by atoms with E-state index in [2.05, 4.69) is 10.3 Å². The third kappa shape index (κ3) is 4.34. The number of pyridine rings is 1. The first-order valence-electron chi connectivity index (χ1n) is 5.30. The standard InChI is InChI=1S/C11H14ClF3N2O/c1-7(6-18-2)4-16-10-9(12)3-8(5-17-10)11(13,14)15/h3,5,7H,4,6H2,1-2H3,(H,16,17). The van der Waals surface area contributed by atoms with Crippen molar-refractivity contribution in [1.82, 2.24) is 4.98 Å². The van der Waals surface area contributed by atoms with Gasteiger partial charge < -0.3 is 10.1 Å². The molecule has 1 rings (SSSR count). The number of hydrogen-bond donors (Lipinski definition) is 1. The smallest absolute Gasteiger partial charge is 0.384 e. The average Bonchev–Trinajstić information content (AvgIpc) is 2.26. The molecule has 0 saturated heterocycles. The third-order valence-electron chi connectivity index (χ3n) is 2.24. The van der Waals surface area contributed by atoms with Crippen molar-refractivity contribution in [3.63, 3.8) is 0 Å². The van der Waals surface area contributed by atoms with Crippen LogP contribution in [0.4, 0.5) is 19.0 Å². The van der Waals surface area contributed by atoms with Gasteiger partial charge in [0.25, 0.3) is 0 Å². The van der Waals surface area contributed by atoms with E-state index >= 15 is 0 Å². The highest BCUT2D eigenvalue weighted by Gasteiger charge is 2.31. The van der Waals surface area contributed by atoms with Gasteiger partial charge in [0.1, 0.15) is 5.82 Å². The Morgan fingerprint density at radius 2 is 2.17 bits per heavy atom. The maximum atomic E-state index is 12.4. The highest BCUT2D eigenvalue weighted by molar-refractivity contribution is 6.32. The average molecular weight is 283 g/mol. The zero-order valence-electron chi connectivity index (χ0n) is 10.0. The maximum Gasteiger partial charge on any atom is 0.417 e. The van der Waals surface area contributed by atoms with Crippen molar-refractivity contribution in [1.29, 1.82) is 0 Å². The maximum absolute atomic E-state index is 12.4. The van der Waals surface area contributed by atoms with Crippen molar-refractivity contribution in [2.24, 2.45) is 5.92 Å². The van der Waals surface area contributed by atoms with E-state index in [0.717, 1.165) is 12.3 Å². The highest BCUT2D eigenvalue weighted by atomic mass is 35.5. The Bertz CT molecular complexity index is 398. The van der Waals surface area contributed by atoms with Gasteiger partial charge in [0.05, 0.1) is 17.2 Å². The molecule has 1 heterocycles. The second-order valence-corrected chi connectivity index (χ2v) is 4.40. The second-order valence-electron chi connectivity index (χ2n) is 3.99. The van der Waals surface area contributed by atoms with Crippen LogP contribution in [0, 0.1) is 5.92 Å². The van der Waals surface area contributed by atoms with Gasteiger partial charge in [0.15, 0.2) is 0 Å². The molecule has 0 aromatic carbocycles. The molecular weight excluding hydrogens is 269 g/mol. The summed E-state index contributed by atoms with van der Waals surface area (Å²) in [5.74, 6) is 0.447. The predicted molar refractivity (Wildman–Crippen MR) is 63.8 cm³/mol.